The first kappa shape index (κ1) is 17.7. The van der Waals surface area contributed by atoms with Crippen molar-refractivity contribution in [1.29, 1.82) is 0 Å². The molecule has 24 heavy (non-hydrogen) atoms. The molecule has 1 N–H and O–H groups in total. The van der Waals surface area contributed by atoms with Gasteiger partial charge in [0.05, 0.1) is 18.9 Å². The van der Waals surface area contributed by atoms with Gasteiger partial charge in [-0.15, -0.1) is 0 Å². The summed E-state index contributed by atoms with van der Waals surface area (Å²) in [6.45, 7) is 1.79. The lowest BCUT2D eigenvalue weighted by atomic mass is 9.96. The van der Waals surface area contributed by atoms with Gasteiger partial charge in [0, 0.05) is 45.0 Å². The Hall–Kier alpha value is -2.64. The van der Waals surface area contributed by atoms with E-state index in [1.165, 1.54) is 19.4 Å². The molecule has 0 atom stereocenters. The maximum absolute atomic E-state index is 12.0. The number of ether oxygens (including phenoxy) is 1. The normalized spacial score (nSPS) is 15.5. The molecule has 2 amide bonds. The molecule has 0 spiro atoms. The van der Waals surface area contributed by atoms with Crippen LogP contribution in [0.4, 0.5) is 0 Å². The lowest BCUT2D eigenvalue weighted by Gasteiger charge is -2.31. The minimum atomic E-state index is -0.545. The predicted octanol–water partition coefficient (Wildman–Crippen LogP) is 0.118. The molecule has 1 saturated heterocycles. The van der Waals surface area contributed by atoms with Crippen LogP contribution in [0.15, 0.2) is 24.5 Å². The molecule has 8 nitrogen and oxygen atoms in total. The maximum Gasteiger partial charge on any atom is 0.330 e. The van der Waals surface area contributed by atoms with E-state index in [1.54, 1.807) is 22.8 Å². The Kier molecular flexibility index (Phi) is 6.11. The molecule has 0 saturated carbocycles. The van der Waals surface area contributed by atoms with Crippen molar-refractivity contribution in [3.63, 3.8) is 0 Å². The van der Waals surface area contributed by atoms with Crippen LogP contribution in [0.2, 0.25) is 0 Å². The minimum Gasteiger partial charge on any atom is -0.466 e. The zero-order valence-electron chi connectivity index (χ0n) is 13.9. The first-order chi connectivity index (χ1) is 11.5. The summed E-state index contributed by atoms with van der Waals surface area (Å²) in [6.07, 6.45) is 7.18. The third-order valence-electron chi connectivity index (χ3n) is 4.01. The number of carbonyl (C=O) groups is 3. The number of rotatable bonds is 5. The molecule has 1 aromatic rings. The average Bonchev–Trinajstić information content (AvgIpc) is 3.04. The van der Waals surface area contributed by atoms with Crippen molar-refractivity contribution in [1.82, 2.24) is 20.0 Å². The van der Waals surface area contributed by atoms with Crippen LogP contribution in [0, 0.1) is 5.92 Å². The highest BCUT2D eigenvalue weighted by atomic mass is 16.5. The van der Waals surface area contributed by atoms with Crippen molar-refractivity contribution in [2.45, 2.75) is 12.8 Å². The van der Waals surface area contributed by atoms with E-state index >= 15 is 0 Å². The van der Waals surface area contributed by atoms with Crippen LogP contribution in [-0.4, -0.2) is 59.2 Å². The Morgan fingerprint density at radius 3 is 2.62 bits per heavy atom. The van der Waals surface area contributed by atoms with E-state index in [2.05, 4.69) is 15.2 Å². The van der Waals surface area contributed by atoms with Crippen LogP contribution in [0.25, 0.3) is 0 Å². The van der Waals surface area contributed by atoms with E-state index in [1.807, 2.05) is 0 Å². The van der Waals surface area contributed by atoms with Crippen LogP contribution in [-0.2, 0) is 21.4 Å². The van der Waals surface area contributed by atoms with Gasteiger partial charge in [-0.05, 0) is 18.8 Å². The summed E-state index contributed by atoms with van der Waals surface area (Å²) < 4.78 is 6.04. The number of hydrogen-bond donors (Lipinski definition) is 1. The molecule has 1 aromatic heterocycles. The van der Waals surface area contributed by atoms with Gasteiger partial charge in [-0.1, -0.05) is 0 Å². The molecule has 1 fully saturated rings. The molecule has 0 aromatic carbocycles. The molecule has 8 heteroatoms. The largest absolute Gasteiger partial charge is 0.466 e. The van der Waals surface area contributed by atoms with Crippen molar-refractivity contribution >= 4 is 17.8 Å². The van der Waals surface area contributed by atoms with Gasteiger partial charge in [0.25, 0.3) is 5.91 Å². The van der Waals surface area contributed by atoms with E-state index < -0.39 is 5.97 Å². The molecule has 1 aliphatic heterocycles. The highest BCUT2D eigenvalue weighted by molar-refractivity contribution is 5.94. The van der Waals surface area contributed by atoms with Crippen molar-refractivity contribution in [2.75, 3.05) is 26.7 Å². The molecule has 2 rings (SSSR count). The fourth-order valence-electron chi connectivity index (χ4n) is 2.55. The maximum atomic E-state index is 12.0. The van der Waals surface area contributed by atoms with Gasteiger partial charge in [0.1, 0.15) is 0 Å². The number of nitrogens with zero attached hydrogens (tertiary/aromatic N) is 3. The van der Waals surface area contributed by atoms with Crippen molar-refractivity contribution in [3.8, 4) is 0 Å². The fourth-order valence-corrected chi connectivity index (χ4v) is 2.55. The van der Waals surface area contributed by atoms with Crippen LogP contribution < -0.4 is 5.32 Å². The van der Waals surface area contributed by atoms with Gasteiger partial charge < -0.3 is 15.0 Å². The number of aromatic nitrogens is 2. The highest BCUT2D eigenvalue weighted by Gasteiger charge is 2.22. The lowest BCUT2D eigenvalue weighted by Crippen LogP contribution is -2.41. The Morgan fingerprint density at radius 1 is 1.33 bits per heavy atom. The zero-order chi connectivity index (χ0) is 17.5. The van der Waals surface area contributed by atoms with Gasteiger partial charge in [0.15, 0.2) is 0 Å². The summed E-state index contributed by atoms with van der Waals surface area (Å²) in [5.41, 5.74) is 0.540. The quantitative estimate of drug-likeness (QED) is 0.610. The van der Waals surface area contributed by atoms with E-state index in [9.17, 15) is 14.4 Å². The molecule has 130 valence electrons. The smallest absolute Gasteiger partial charge is 0.330 e. The number of methoxy groups -OCH3 is 1. The average molecular weight is 334 g/mol. The number of esters is 1. The first-order valence-corrected chi connectivity index (χ1v) is 7.81. The van der Waals surface area contributed by atoms with E-state index in [0.29, 0.717) is 31.1 Å². The SMILES string of the molecule is COC(=O)/C=C/C(=O)N1CCC(CNC(=O)c2cnn(C)c2)CC1. The molecule has 0 radical (unpaired) electrons. The monoisotopic (exact) mass is 334 g/mol. The van der Waals surface area contributed by atoms with E-state index in [-0.39, 0.29) is 11.8 Å². The molecule has 1 aliphatic rings. The molecular formula is C16H22N4O4. The summed E-state index contributed by atoms with van der Waals surface area (Å²) in [5, 5.41) is 6.87. The van der Waals surface area contributed by atoms with Crippen LogP contribution >= 0.6 is 0 Å². The third kappa shape index (κ3) is 4.94. The highest BCUT2D eigenvalue weighted by Crippen LogP contribution is 2.16. The van der Waals surface area contributed by atoms with Gasteiger partial charge in [-0.3, -0.25) is 14.3 Å². The van der Waals surface area contributed by atoms with Gasteiger partial charge in [0.2, 0.25) is 5.91 Å². The number of amides is 2. The van der Waals surface area contributed by atoms with E-state index in [4.69, 9.17) is 0 Å². The van der Waals surface area contributed by atoms with Crippen LogP contribution in [0.3, 0.4) is 0 Å². The van der Waals surface area contributed by atoms with Crippen molar-refractivity contribution in [3.05, 3.63) is 30.1 Å². The number of nitrogens with one attached hydrogen (secondary N) is 1. The van der Waals surface area contributed by atoms with Gasteiger partial charge in [-0.25, -0.2) is 4.79 Å². The molecule has 2 heterocycles. The summed E-state index contributed by atoms with van der Waals surface area (Å²) in [4.78, 5) is 36.6. The van der Waals surface area contributed by atoms with E-state index in [0.717, 1.165) is 18.9 Å². The van der Waals surface area contributed by atoms with Gasteiger partial charge >= 0.3 is 5.97 Å². The Labute approximate surface area is 140 Å². The second-order valence-electron chi connectivity index (χ2n) is 5.74. The third-order valence-corrected chi connectivity index (χ3v) is 4.01. The second kappa shape index (κ2) is 8.28. The van der Waals surface area contributed by atoms with Crippen LogP contribution in [0.1, 0.15) is 23.2 Å². The van der Waals surface area contributed by atoms with Crippen LogP contribution in [0.5, 0.6) is 0 Å². The fraction of sp³-hybridized carbons (Fsp3) is 0.500. The summed E-state index contributed by atoms with van der Waals surface area (Å²) in [5.74, 6) is -0.545. The first-order valence-electron chi connectivity index (χ1n) is 7.81. The zero-order valence-corrected chi connectivity index (χ0v) is 13.9. The minimum absolute atomic E-state index is 0.136. The molecule has 0 aliphatic carbocycles. The second-order valence-corrected chi connectivity index (χ2v) is 5.74. The Morgan fingerprint density at radius 2 is 2.04 bits per heavy atom. The number of carbonyl (C=O) groups excluding carboxylic acids is 3. The van der Waals surface area contributed by atoms with Crippen molar-refractivity contribution < 1.29 is 19.1 Å². The number of hydrogen-bond acceptors (Lipinski definition) is 5. The Balaban J connectivity index is 1.72. The van der Waals surface area contributed by atoms with Crippen molar-refractivity contribution in [2.24, 2.45) is 13.0 Å². The summed E-state index contributed by atoms with van der Waals surface area (Å²) >= 11 is 0. The summed E-state index contributed by atoms with van der Waals surface area (Å²) in [7, 11) is 3.03. The topological polar surface area (TPSA) is 93.5 Å². The number of piperidine rings is 1. The number of aryl methyl sites for hydroxylation is 1. The molecule has 0 bridgehead atoms. The molecular weight excluding hydrogens is 312 g/mol. The number of likely N-dealkylation sites (tertiary alicyclic amines) is 1. The Bertz CT molecular complexity index is 630. The van der Waals surface area contributed by atoms with Gasteiger partial charge in [-0.2, -0.15) is 5.10 Å². The summed E-state index contributed by atoms with van der Waals surface area (Å²) in [6, 6.07) is 0. The molecule has 0 unspecified atom stereocenters. The predicted molar refractivity (Wildman–Crippen MR) is 86.0 cm³/mol. The lowest BCUT2D eigenvalue weighted by molar-refractivity contribution is -0.135. The standard InChI is InChI=1S/C16H22N4O4/c1-19-11-13(10-18-19)16(23)17-9-12-5-7-20(8-6-12)14(21)3-4-15(22)24-2/h3-4,10-12H,5-9H2,1-2H3,(H,17,23)/b4-3+.